The normalized spacial score (nSPS) is 15.1. The van der Waals surface area contributed by atoms with Crippen molar-refractivity contribution < 1.29 is 14.3 Å². The number of amides is 1. The molecule has 1 aromatic carbocycles. The van der Waals surface area contributed by atoms with Crippen molar-refractivity contribution in [3.63, 3.8) is 0 Å². The Morgan fingerprint density at radius 1 is 1.19 bits per heavy atom. The van der Waals surface area contributed by atoms with Gasteiger partial charge in [0.05, 0.1) is 5.39 Å². The lowest BCUT2D eigenvalue weighted by Gasteiger charge is -2.20. The molecule has 1 aliphatic heterocycles. The van der Waals surface area contributed by atoms with Gasteiger partial charge in [-0.1, -0.05) is 31.5 Å². The number of hydrogen-bond acceptors (Lipinski definition) is 5. The van der Waals surface area contributed by atoms with Gasteiger partial charge in [0.1, 0.15) is 0 Å². The summed E-state index contributed by atoms with van der Waals surface area (Å²) in [5, 5.41) is 5.12. The number of esters is 1. The second-order valence-corrected chi connectivity index (χ2v) is 6.86. The van der Waals surface area contributed by atoms with Gasteiger partial charge in [0.25, 0.3) is 11.5 Å². The van der Waals surface area contributed by atoms with E-state index in [0.717, 1.165) is 25.7 Å². The van der Waals surface area contributed by atoms with Gasteiger partial charge >= 0.3 is 5.97 Å². The van der Waals surface area contributed by atoms with Gasteiger partial charge in [0, 0.05) is 25.0 Å². The van der Waals surface area contributed by atoms with Crippen molar-refractivity contribution in [2.24, 2.45) is 0 Å². The highest BCUT2D eigenvalue weighted by molar-refractivity contribution is 6.02. The zero-order valence-electron chi connectivity index (χ0n) is 15.8. The van der Waals surface area contributed by atoms with E-state index in [-0.39, 0.29) is 17.2 Å². The van der Waals surface area contributed by atoms with E-state index in [4.69, 9.17) is 4.74 Å². The molecule has 1 amide bonds. The Kier molecular flexibility index (Phi) is 5.88. The smallest absolute Gasteiger partial charge is 0.360 e. The molecule has 3 rings (SSSR count). The number of aryl methyl sites for hydroxylation is 1. The molecule has 1 fully saturated rings. The van der Waals surface area contributed by atoms with Crippen molar-refractivity contribution in [2.45, 2.75) is 52.2 Å². The van der Waals surface area contributed by atoms with Crippen LogP contribution in [0.3, 0.4) is 0 Å². The third-order valence-corrected chi connectivity index (χ3v) is 4.83. The van der Waals surface area contributed by atoms with Crippen LogP contribution >= 0.6 is 0 Å². The topological polar surface area (TPSA) is 81.5 Å². The molecule has 0 spiro atoms. The van der Waals surface area contributed by atoms with Crippen molar-refractivity contribution in [3.05, 3.63) is 40.3 Å². The molecule has 0 N–H and O–H groups in total. The van der Waals surface area contributed by atoms with Crippen LogP contribution in [-0.2, 0) is 16.1 Å². The van der Waals surface area contributed by atoms with E-state index in [9.17, 15) is 14.4 Å². The minimum atomic E-state index is -0.882. The fourth-order valence-corrected chi connectivity index (χ4v) is 3.31. The molecule has 2 heterocycles. The monoisotopic (exact) mass is 371 g/mol. The molecule has 1 aliphatic rings. The summed E-state index contributed by atoms with van der Waals surface area (Å²) in [5.41, 5.74) is -0.154. The number of carbonyl (C=O) groups excluding carboxylic acids is 2. The highest BCUT2D eigenvalue weighted by Crippen LogP contribution is 2.16. The number of hydrogen-bond donors (Lipinski definition) is 0. The van der Waals surface area contributed by atoms with E-state index in [1.807, 2.05) is 6.92 Å². The van der Waals surface area contributed by atoms with Crippen LogP contribution < -0.4 is 5.56 Å². The molecule has 1 aromatic heterocycles. The largest absolute Gasteiger partial charge is 0.448 e. The summed E-state index contributed by atoms with van der Waals surface area (Å²) in [6, 6.07) is 6.85. The molecule has 0 radical (unpaired) electrons. The van der Waals surface area contributed by atoms with Gasteiger partial charge in [-0.25, -0.2) is 9.48 Å². The van der Waals surface area contributed by atoms with Gasteiger partial charge in [0.2, 0.25) is 0 Å². The second-order valence-electron chi connectivity index (χ2n) is 6.86. The third-order valence-electron chi connectivity index (χ3n) is 4.83. The summed E-state index contributed by atoms with van der Waals surface area (Å²) in [7, 11) is 0. The maximum absolute atomic E-state index is 12.8. The van der Waals surface area contributed by atoms with E-state index >= 15 is 0 Å². The van der Waals surface area contributed by atoms with Crippen LogP contribution in [-0.4, -0.2) is 45.8 Å². The fourth-order valence-electron chi connectivity index (χ4n) is 3.31. The van der Waals surface area contributed by atoms with Crippen LogP contribution in [0, 0.1) is 0 Å². The summed E-state index contributed by atoms with van der Waals surface area (Å²) in [6.45, 7) is 5.43. The molecule has 1 saturated heterocycles. The Bertz CT molecular complexity index is 900. The molecule has 7 nitrogen and oxygen atoms in total. The number of ether oxygens (including phenoxy) is 1. The van der Waals surface area contributed by atoms with Crippen molar-refractivity contribution in [1.82, 2.24) is 14.7 Å². The maximum Gasteiger partial charge on any atom is 0.360 e. The van der Waals surface area contributed by atoms with Crippen LogP contribution in [0.4, 0.5) is 0 Å². The first kappa shape index (κ1) is 19.1. The number of carbonyl (C=O) groups is 2. The van der Waals surface area contributed by atoms with Crippen LogP contribution in [0.15, 0.2) is 29.1 Å². The molecule has 7 heteroatoms. The minimum Gasteiger partial charge on any atom is -0.448 e. The summed E-state index contributed by atoms with van der Waals surface area (Å²) in [6.07, 6.45) is 2.75. The molecule has 0 aliphatic carbocycles. The molecular formula is C20H25N3O4. The lowest BCUT2D eigenvalue weighted by Crippen LogP contribution is -2.38. The Labute approximate surface area is 157 Å². The summed E-state index contributed by atoms with van der Waals surface area (Å²) in [4.78, 5) is 39.5. The van der Waals surface area contributed by atoms with Crippen molar-refractivity contribution in [3.8, 4) is 0 Å². The number of unbranched alkanes of at least 4 members (excludes halogenated alkanes) is 1. The van der Waals surface area contributed by atoms with Gasteiger partial charge in [-0.3, -0.25) is 9.59 Å². The van der Waals surface area contributed by atoms with Crippen molar-refractivity contribution >= 4 is 22.6 Å². The lowest BCUT2D eigenvalue weighted by molar-refractivity contribution is -0.138. The minimum absolute atomic E-state index is 0.0716. The first-order chi connectivity index (χ1) is 13.0. The molecule has 144 valence electrons. The average Bonchev–Trinajstić information content (AvgIpc) is 3.21. The van der Waals surface area contributed by atoms with Gasteiger partial charge < -0.3 is 9.64 Å². The van der Waals surface area contributed by atoms with Gasteiger partial charge in [-0.2, -0.15) is 5.10 Å². The van der Waals surface area contributed by atoms with Crippen LogP contribution in [0.1, 0.15) is 50.0 Å². The van der Waals surface area contributed by atoms with Crippen molar-refractivity contribution in [1.29, 1.82) is 0 Å². The molecule has 27 heavy (non-hydrogen) atoms. The Balaban J connectivity index is 1.90. The predicted octanol–water partition coefficient (Wildman–Crippen LogP) is 2.36. The highest BCUT2D eigenvalue weighted by atomic mass is 16.5. The van der Waals surface area contributed by atoms with Gasteiger partial charge in [-0.05, 0) is 32.3 Å². The Hall–Kier alpha value is -2.70. The van der Waals surface area contributed by atoms with Crippen molar-refractivity contribution in [2.75, 3.05) is 13.1 Å². The first-order valence-electron chi connectivity index (χ1n) is 9.52. The number of rotatable bonds is 6. The average molecular weight is 371 g/mol. The molecule has 0 saturated carbocycles. The quantitative estimate of drug-likeness (QED) is 0.728. The number of aromatic nitrogens is 2. The number of likely N-dealkylation sites (tertiary alicyclic amines) is 1. The van der Waals surface area contributed by atoms with E-state index in [1.54, 1.807) is 36.1 Å². The Morgan fingerprint density at radius 2 is 1.85 bits per heavy atom. The molecule has 0 bridgehead atoms. The van der Waals surface area contributed by atoms with E-state index in [1.165, 1.54) is 4.68 Å². The number of fused-ring (bicyclic) bond motifs is 1. The van der Waals surface area contributed by atoms with Crippen LogP contribution in [0.2, 0.25) is 0 Å². The first-order valence-corrected chi connectivity index (χ1v) is 9.52. The zero-order valence-corrected chi connectivity index (χ0v) is 15.8. The van der Waals surface area contributed by atoms with E-state index in [2.05, 4.69) is 5.10 Å². The van der Waals surface area contributed by atoms with E-state index < -0.39 is 12.1 Å². The maximum atomic E-state index is 12.8. The Morgan fingerprint density at radius 3 is 2.52 bits per heavy atom. The predicted molar refractivity (Wildman–Crippen MR) is 102 cm³/mol. The molecule has 1 atom stereocenters. The molecular weight excluding hydrogens is 346 g/mol. The van der Waals surface area contributed by atoms with E-state index in [0.29, 0.717) is 30.4 Å². The standard InChI is InChI=1S/C20H25N3O4/c1-3-4-13-23-19(25)16-10-6-5-9-15(16)17(21-23)20(26)27-14(2)18(24)22-11-7-8-12-22/h5-6,9-10,14H,3-4,7-8,11-13H2,1-2H3. The lowest BCUT2D eigenvalue weighted by atomic mass is 10.1. The zero-order chi connectivity index (χ0) is 19.4. The fraction of sp³-hybridized carbons (Fsp3) is 0.500. The third kappa shape index (κ3) is 4.02. The summed E-state index contributed by atoms with van der Waals surface area (Å²) < 4.78 is 6.72. The molecule has 1 unspecified atom stereocenters. The van der Waals surface area contributed by atoms with Gasteiger partial charge in [-0.15, -0.1) is 0 Å². The summed E-state index contributed by atoms with van der Waals surface area (Å²) in [5.74, 6) is -0.874. The van der Waals surface area contributed by atoms with Gasteiger partial charge in [0.15, 0.2) is 11.8 Å². The SMILES string of the molecule is CCCCn1nc(C(=O)OC(C)C(=O)N2CCCC2)c2ccccc2c1=O. The van der Waals surface area contributed by atoms with Crippen LogP contribution in [0.25, 0.3) is 10.8 Å². The second kappa shape index (κ2) is 8.33. The van der Waals surface area contributed by atoms with Crippen LogP contribution in [0.5, 0.6) is 0 Å². The highest BCUT2D eigenvalue weighted by Gasteiger charge is 2.28. The summed E-state index contributed by atoms with van der Waals surface area (Å²) >= 11 is 0. The molecule has 2 aromatic rings. The number of nitrogens with zero attached hydrogens (tertiary/aromatic N) is 3. The number of benzene rings is 1.